The molecule has 0 radical (unpaired) electrons. The van der Waals surface area contributed by atoms with Crippen LogP contribution < -0.4 is 5.32 Å². The van der Waals surface area contributed by atoms with Crippen molar-refractivity contribution in [2.75, 3.05) is 13.1 Å². The predicted octanol–water partition coefficient (Wildman–Crippen LogP) is 2.46. The van der Waals surface area contributed by atoms with E-state index in [1.54, 1.807) is 11.8 Å². The Morgan fingerprint density at radius 2 is 1.84 bits per heavy atom. The molecule has 0 aromatic heterocycles. The molecule has 0 spiro atoms. The summed E-state index contributed by atoms with van der Waals surface area (Å²) in [7, 11) is 0. The molecule has 1 atom stereocenters. The van der Waals surface area contributed by atoms with Crippen LogP contribution in [0.5, 0.6) is 0 Å². The van der Waals surface area contributed by atoms with E-state index < -0.39 is 11.5 Å². The number of rotatable bonds is 4. The van der Waals surface area contributed by atoms with E-state index in [1.165, 1.54) is 0 Å². The maximum absolute atomic E-state index is 12.2. The zero-order valence-electron chi connectivity index (χ0n) is 12.5. The number of nitrogens with zero attached hydrogens (tertiary/aromatic N) is 1. The lowest BCUT2D eigenvalue weighted by molar-refractivity contribution is -0.144. The molecule has 1 heterocycles. The summed E-state index contributed by atoms with van der Waals surface area (Å²) in [6.07, 6.45) is 3.07. The largest absolute Gasteiger partial charge is 0.480 e. The normalized spacial score (nSPS) is 21.6. The van der Waals surface area contributed by atoms with Gasteiger partial charge in [0, 0.05) is 13.1 Å². The van der Waals surface area contributed by atoms with Crippen LogP contribution in [0.3, 0.4) is 0 Å². The number of amides is 2. The summed E-state index contributed by atoms with van der Waals surface area (Å²) >= 11 is 0. The van der Waals surface area contributed by atoms with Crippen LogP contribution in [0, 0.1) is 5.41 Å². The number of piperidine rings is 1. The van der Waals surface area contributed by atoms with Crippen LogP contribution in [0.25, 0.3) is 0 Å². The summed E-state index contributed by atoms with van der Waals surface area (Å²) < 4.78 is 0. The average molecular weight is 270 g/mol. The third-order valence-electron chi connectivity index (χ3n) is 4.01. The molecule has 1 aliphatic heterocycles. The fourth-order valence-electron chi connectivity index (χ4n) is 2.35. The fourth-order valence-corrected chi connectivity index (χ4v) is 2.35. The highest BCUT2D eigenvalue weighted by Crippen LogP contribution is 2.29. The van der Waals surface area contributed by atoms with E-state index in [0.29, 0.717) is 19.5 Å². The van der Waals surface area contributed by atoms with E-state index in [9.17, 15) is 14.7 Å². The third-order valence-corrected chi connectivity index (χ3v) is 4.01. The van der Waals surface area contributed by atoms with Gasteiger partial charge in [0.2, 0.25) is 0 Å². The van der Waals surface area contributed by atoms with Crippen molar-refractivity contribution in [2.24, 2.45) is 5.41 Å². The molecule has 0 bridgehead atoms. The number of carbonyl (C=O) groups is 2. The molecule has 0 aromatic rings. The van der Waals surface area contributed by atoms with Gasteiger partial charge in [0.05, 0.1) is 0 Å². The monoisotopic (exact) mass is 270 g/mol. The van der Waals surface area contributed by atoms with Gasteiger partial charge in [-0.3, -0.25) is 0 Å². The van der Waals surface area contributed by atoms with Crippen LogP contribution in [0.2, 0.25) is 0 Å². The number of urea groups is 1. The maximum atomic E-state index is 12.2. The Kier molecular flexibility index (Phi) is 4.82. The smallest absolute Gasteiger partial charge is 0.329 e. The first-order chi connectivity index (χ1) is 8.70. The molecule has 1 saturated heterocycles. The van der Waals surface area contributed by atoms with Crippen molar-refractivity contribution in [1.29, 1.82) is 0 Å². The van der Waals surface area contributed by atoms with Crippen LogP contribution in [-0.2, 0) is 4.79 Å². The van der Waals surface area contributed by atoms with Crippen LogP contribution in [-0.4, -0.2) is 40.6 Å². The number of nitrogens with one attached hydrogen (secondary N) is 1. The number of carboxylic acids is 1. The lowest BCUT2D eigenvalue weighted by atomic mass is 9.83. The van der Waals surface area contributed by atoms with E-state index >= 15 is 0 Å². The standard InChI is InChI=1S/C14H26N2O3/c1-5-6-14(4,11(17)18)15-12(19)16-9-7-13(2,3)8-10-16/h5-10H2,1-4H3,(H,15,19)(H,17,18). The van der Waals surface area contributed by atoms with Gasteiger partial charge in [-0.1, -0.05) is 27.2 Å². The molecule has 0 saturated carbocycles. The van der Waals surface area contributed by atoms with Gasteiger partial charge in [-0.15, -0.1) is 0 Å². The van der Waals surface area contributed by atoms with Crippen LogP contribution in [0.15, 0.2) is 0 Å². The summed E-state index contributed by atoms with van der Waals surface area (Å²) in [5.74, 6) is -0.972. The molecule has 1 rings (SSSR count). The molecule has 1 fully saturated rings. The Labute approximate surface area is 115 Å². The molecule has 0 aliphatic carbocycles. The molecule has 5 heteroatoms. The molecule has 1 unspecified atom stereocenters. The summed E-state index contributed by atoms with van der Waals surface area (Å²) in [6.45, 7) is 9.27. The van der Waals surface area contributed by atoms with Gasteiger partial charge in [0.15, 0.2) is 0 Å². The first kappa shape index (κ1) is 15.8. The van der Waals surface area contributed by atoms with Crippen molar-refractivity contribution in [1.82, 2.24) is 10.2 Å². The van der Waals surface area contributed by atoms with Gasteiger partial charge in [0.25, 0.3) is 0 Å². The first-order valence-corrected chi connectivity index (χ1v) is 7.01. The second-order valence-corrected chi connectivity index (χ2v) is 6.47. The first-order valence-electron chi connectivity index (χ1n) is 7.01. The number of carboxylic acid groups (broad SMARTS) is 1. The second kappa shape index (κ2) is 5.80. The molecule has 0 aromatic carbocycles. The van der Waals surface area contributed by atoms with E-state index in [1.807, 2.05) is 6.92 Å². The van der Waals surface area contributed by atoms with Crippen LogP contribution in [0.1, 0.15) is 53.4 Å². The minimum absolute atomic E-state index is 0.256. The Hall–Kier alpha value is -1.26. The number of carbonyl (C=O) groups excluding carboxylic acids is 1. The van der Waals surface area contributed by atoms with Crippen molar-refractivity contribution in [2.45, 2.75) is 58.9 Å². The molecular weight excluding hydrogens is 244 g/mol. The number of aliphatic carboxylic acids is 1. The van der Waals surface area contributed by atoms with E-state index in [0.717, 1.165) is 19.3 Å². The van der Waals surface area contributed by atoms with Crippen LogP contribution >= 0.6 is 0 Å². The highest BCUT2D eigenvalue weighted by molar-refractivity contribution is 5.85. The lowest BCUT2D eigenvalue weighted by Gasteiger charge is -2.38. The van der Waals surface area contributed by atoms with Crippen molar-refractivity contribution in [3.63, 3.8) is 0 Å². The third kappa shape index (κ3) is 4.11. The highest BCUT2D eigenvalue weighted by atomic mass is 16.4. The fraction of sp³-hybridized carbons (Fsp3) is 0.857. The molecule has 2 N–H and O–H groups in total. The zero-order valence-corrected chi connectivity index (χ0v) is 12.5. The van der Waals surface area contributed by atoms with E-state index in [2.05, 4.69) is 19.2 Å². The van der Waals surface area contributed by atoms with Crippen molar-refractivity contribution in [3.05, 3.63) is 0 Å². The van der Waals surface area contributed by atoms with Gasteiger partial charge in [-0.05, 0) is 31.6 Å². The number of hydrogen-bond acceptors (Lipinski definition) is 2. The van der Waals surface area contributed by atoms with Crippen molar-refractivity contribution < 1.29 is 14.7 Å². The lowest BCUT2D eigenvalue weighted by Crippen LogP contribution is -2.57. The van der Waals surface area contributed by atoms with Gasteiger partial charge in [-0.2, -0.15) is 0 Å². The number of hydrogen-bond donors (Lipinski definition) is 2. The van der Waals surface area contributed by atoms with Crippen molar-refractivity contribution >= 4 is 12.0 Å². The number of likely N-dealkylation sites (tertiary alicyclic amines) is 1. The Morgan fingerprint density at radius 1 is 1.32 bits per heavy atom. The van der Waals surface area contributed by atoms with Gasteiger partial charge >= 0.3 is 12.0 Å². The second-order valence-electron chi connectivity index (χ2n) is 6.47. The van der Waals surface area contributed by atoms with Gasteiger partial charge in [-0.25, -0.2) is 9.59 Å². The summed E-state index contributed by atoms with van der Waals surface area (Å²) in [4.78, 5) is 25.2. The SMILES string of the molecule is CCCC(C)(NC(=O)N1CCC(C)(C)CC1)C(=O)O. The van der Waals surface area contributed by atoms with E-state index in [-0.39, 0.29) is 11.4 Å². The molecule has 110 valence electrons. The predicted molar refractivity (Wildman–Crippen MR) is 74.1 cm³/mol. The van der Waals surface area contributed by atoms with E-state index in [4.69, 9.17) is 0 Å². The summed E-state index contributed by atoms with van der Waals surface area (Å²) in [5.41, 5.74) is -0.894. The quantitative estimate of drug-likeness (QED) is 0.824. The Balaban J connectivity index is 2.61. The molecular formula is C14H26N2O3. The Bertz CT molecular complexity index is 345. The zero-order chi connectivity index (χ0) is 14.7. The van der Waals surface area contributed by atoms with Gasteiger partial charge in [0.1, 0.15) is 5.54 Å². The molecule has 1 aliphatic rings. The topological polar surface area (TPSA) is 69.6 Å². The summed E-state index contributed by atoms with van der Waals surface area (Å²) in [5, 5.41) is 11.9. The molecule has 2 amide bonds. The van der Waals surface area contributed by atoms with Crippen molar-refractivity contribution in [3.8, 4) is 0 Å². The minimum Gasteiger partial charge on any atom is -0.480 e. The molecule has 19 heavy (non-hydrogen) atoms. The molecule has 5 nitrogen and oxygen atoms in total. The highest BCUT2D eigenvalue weighted by Gasteiger charge is 2.36. The average Bonchev–Trinajstić information content (AvgIpc) is 2.28. The Morgan fingerprint density at radius 3 is 2.26 bits per heavy atom. The minimum atomic E-state index is -1.17. The van der Waals surface area contributed by atoms with Gasteiger partial charge < -0.3 is 15.3 Å². The summed E-state index contributed by atoms with van der Waals surface area (Å²) in [6, 6.07) is -0.256. The maximum Gasteiger partial charge on any atom is 0.329 e. The van der Waals surface area contributed by atoms with Crippen LogP contribution in [0.4, 0.5) is 4.79 Å².